The number of hydrogen-bond acceptors (Lipinski definition) is 3. The van der Waals surface area contributed by atoms with Gasteiger partial charge in [0.2, 0.25) is 0 Å². The van der Waals surface area contributed by atoms with Crippen molar-refractivity contribution in [2.45, 2.75) is 47.1 Å². The molecule has 1 saturated heterocycles. The second kappa shape index (κ2) is 7.25. The molecule has 1 aliphatic rings. The third kappa shape index (κ3) is 4.43. The normalized spacial score (nSPS) is 19.6. The van der Waals surface area contributed by atoms with E-state index in [-0.39, 0.29) is 0 Å². The predicted octanol–water partition coefficient (Wildman–Crippen LogP) is 3.20. The Balaban J connectivity index is 1.86. The molecule has 4 nitrogen and oxygen atoms in total. The minimum Gasteiger partial charge on any atom is -0.350 e. The molecule has 118 valence electrons. The molecular weight excluding hydrogens is 280 g/mol. The van der Waals surface area contributed by atoms with Crippen LogP contribution in [-0.4, -0.2) is 36.0 Å². The van der Waals surface area contributed by atoms with Crippen LogP contribution in [0.2, 0.25) is 0 Å². The quantitative estimate of drug-likeness (QED) is 0.686. The van der Waals surface area contributed by atoms with Gasteiger partial charge in [0.1, 0.15) is 5.01 Å². The average molecular weight is 308 g/mol. The van der Waals surface area contributed by atoms with E-state index in [1.807, 2.05) is 7.05 Å². The van der Waals surface area contributed by atoms with Gasteiger partial charge in [0, 0.05) is 25.0 Å². The molecule has 1 aliphatic heterocycles. The molecule has 21 heavy (non-hydrogen) atoms. The molecule has 0 spiro atoms. The van der Waals surface area contributed by atoms with Crippen molar-refractivity contribution in [3.05, 3.63) is 15.6 Å². The Labute approximate surface area is 132 Å². The Hall–Kier alpha value is -1.10. The zero-order chi connectivity index (χ0) is 15.4. The molecule has 0 bridgehead atoms. The van der Waals surface area contributed by atoms with Gasteiger partial charge in [0.15, 0.2) is 5.96 Å². The molecule has 0 aromatic carbocycles. The van der Waals surface area contributed by atoms with Crippen molar-refractivity contribution >= 4 is 17.3 Å². The van der Waals surface area contributed by atoms with Crippen LogP contribution in [0.15, 0.2) is 4.99 Å². The van der Waals surface area contributed by atoms with Crippen molar-refractivity contribution in [1.82, 2.24) is 15.2 Å². The van der Waals surface area contributed by atoms with Gasteiger partial charge >= 0.3 is 0 Å². The zero-order valence-electron chi connectivity index (χ0n) is 13.9. The Kier molecular flexibility index (Phi) is 5.62. The Morgan fingerprint density at radius 1 is 1.48 bits per heavy atom. The van der Waals surface area contributed by atoms with E-state index < -0.39 is 0 Å². The number of thiazole rings is 1. The van der Waals surface area contributed by atoms with Crippen LogP contribution in [0, 0.1) is 25.7 Å². The van der Waals surface area contributed by atoms with Gasteiger partial charge in [-0.15, -0.1) is 11.3 Å². The number of likely N-dealkylation sites (tertiary alicyclic amines) is 1. The molecular formula is C16H28N4S. The number of nitrogens with one attached hydrogen (secondary N) is 1. The average Bonchev–Trinajstić information content (AvgIpc) is 2.98. The van der Waals surface area contributed by atoms with Gasteiger partial charge < -0.3 is 10.2 Å². The largest absolute Gasteiger partial charge is 0.350 e. The lowest BCUT2D eigenvalue weighted by Gasteiger charge is -2.21. The molecule has 0 amide bonds. The Morgan fingerprint density at radius 3 is 2.81 bits per heavy atom. The highest BCUT2D eigenvalue weighted by molar-refractivity contribution is 7.11. The second-order valence-corrected chi connectivity index (χ2v) is 7.67. The van der Waals surface area contributed by atoms with E-state index in [4.69, 9.17) is 0 Å². The summed E-state index contributed by atoms with van der Waals surface area (Å²) in [6.07, 6.45) is 2.60. The number of aryl methyl sites for hydroxylation is 2. The van der Waals surface area contributed by atoms with E-state index in [9.17, 15) is 0 Å². The van der Waals surface area contributed by atoms with Crippen LogP contribution in [0.25, 0.3) is 0 Å². The molecule has 0 radical (unpaired) electrons. The molecule has 5 heteroatoms. The van der Waals surface area contributed by atoms with Crippen LogP contribution < -0.4 is 5.32 Å². The first-order chi connectivity index (χ1) is 9.99. The van der Waals surface area contributed by atoms with Crippen molar-refractivity contribution in [1.29, 1.82) is 0 Å². The van der Waals surface area contributed by atoms with Crippen molar-refractivity contribution in [3.63, 3.8) is 0 Å². The fourth-order valence-electron chi connectivity index (χ4n) is 2.99. The minimum absolute atomic E-state index is 0.775. The molecule has 1 aromatic heterocycles. The van der Waals surface area contributed by atoms with Gasteiger partial charge in [-0.2, -0.15) is 0 Å². The standard InChI is InChI=1S/C16H28N4S/c1-11(2)8-14-6-7-20(10-14)16(17-5)18-9-15-19-12(3)13(4)21-15/h11,14H,6-10H2,1-5H3,(H,17,18). The van der Waals surface area contributed by atoms with E-state index >= 15 is 0 Å². The Bertz CT molecular complexity index is 473. The van der Waals surface area contributed by atoms with E-state index in [0.717, 1.165) is 48.1 Å². The van der Waals surface area contributed by atoms with Crippen LogP contribution in [-0.2, 0) is 6.54 Å². The molecule has 1 fully saturated rings. The molecule has 1 unspecified atom stereocenters. The highest BCUT2D eigenvalue weighted by Gasteiger charge is 2.25. The summed E-state index contributed by atoms with van der Waals surface area (Å²) in [6.45, 7) is 11.8. The minimum atomic E-state index is 0.775. The molecule has 1 aromatic rings. The number of nitrogens with zero attached hydrogens (tertiary/aromatic N) is 3. The summed E-state index contributed by atoms with van der Waals surface area (Å²) < 4.78 is 0. The number of hydrogen-bond donors (Lipinski definition) is 1. The second-order valence-electron chi connectivity index (χ2n) is 6.38. The van der Waals surface area contributed by atoms with E-state index in [1.54, 1.807) is 11.3 Å². The smallest absolute Gasteiger partial charge is 0.194 e. The molecule has 0 aliphatic carbocycles. The highest BCUT2D eigenvalue weighted by Crippen LogP contribution is 2.23. The zero-order valence-corrected chi connectivity index (χ0v) is 14.8. The summed E-state index contributed by atoms with van der Waals surface area (Å²) in [5.74, 6) is 2.62. The van der Waals surface area contributed by atoms with E-state index in [2.05, 4.69) is 47.9 Å². The number of guanidine groups is 1. The van der Waals surface area contributed by atoms with Gasteiger partial charge in [0.05, 0.1) is 12.2 Å². The maximum atomic E-state index is 4.58. The maximum Gasteiger partial charge on any atom is 0.194 e. The van der Waals surface area contributed by atoms with Crippen molar-refractivity contribution in [2.75, 3.05) is 20.1 Å². The van der Waals surface area contributed by atoms with E-state index in [1.165, 1.54) is 17.7 Å². The van der Waals surface area contributed by atoms with Gasteiger partial charge in [-0.3, -0.25) is 4.99 Å². The van der Waals surface area contributed by atoms with Crippen molar-refractivity contribution in [3.8, 4) is 0 Å². The number of rotatable bonds is 4. The summed E-state index contributed by atoms with van der Waals surface area (Å²) in [5.41, 5.74) is 1.14. The third-order valence-corrected chi connectivity index (χ3v) is 5.15. The van der Waals surface area contributed by atoms with Gasteiger partial charge in [-0.1, -0.05) is 13.8 Å². The van der Waals surface area contributed by atoms with E-state index in [0.29, 0.717) is 0 Å². The lowest BCUT2D eigenvalue weighted by atomic mass is 9.97. The molecule has 0 saturated carbocycles. The first-order valence-electron chi connectivity index (χ1n) is 7.88. The van der Waals surface area contributed by atoms with Gasteiger partial charge in [-0.25, -0.2) is 4.98 Å². The van der Waals surface area contributed by atoms with Crippen LogP contribution >= 0.6 is 11.3 Å². The Morgan fingerprint density at radius 2 is 2.24 bits per heavy atom. The fourth-order valence-corrected chi connectivity index (χ4v) is 3.86. The van der Waals surface area contributed by atoms with Crippen LogP contribution in [0.5, 0.6) is 0 Å². The third-order valence-electron chi connectivity index (χ3n) is 4.07. The summed E-state index contributed by atoms with van der Waals surface area (Å²) in [5, 5.41) is 4.61. The lowest BCUT2D eigenvalue weighted by molar-refractivity contribution is 0.403. The summed E-state index contributed by atoms with van der Waals surface area (Å²) in [7, 11) is 1.87. The monoisotopic (exact) mass is 308 g/mol. The van der Waals surface area contributed by atoms with Crippen molar-refractivity contribution in [2.24, 2.45) is 16.8 Å². The molecule has 1 N–H and O–H groups in total. The fraction of sp³-hybridized carbons (Fsp3) is 0.750. The lowest BCUT2D eigenvalue weighted by Crippen LogP contribution is -2.39. The predicted molar refractivity (Wildman–Crippen MR) is 90.9 cm³/mol. The van der Waals surface area contributed by atoms with Gasteiger partial charge in [0.25, 0.3) is 0 Å². The maximum absolute atomic E-state index is 4.58. The summed E-state index contributed by atoms with van der Waals surface area (Å²) in [6, 6.07) is 0. The topological polar surface area (TPSA) is 40.5 Å². The summed E-state index contributed by atoms with van der Waals surface area (Å²) in [4.78, 5) is 12.7. The number of aliphatic imine (C=N–C) groups is 1. The molecule has 2 rings (SSSR count). The SMILES string of the molecule is CN=C(NCc1nc(C)c(C)s1)N1CCC(CC(C)C)C1. The van der Waals surface area contributed by atoms with Crippen molar-refractivity contribution < 1.29 is 0 Å². The molecule has 2 heterocycles. The highest BCUT2D eigenvalue weighted by atomic mass is 32.1. The van der Waals surface area contributed by atoms with Crippen LogP contribution in [0.4, 0.5) is 0 Å². The van der Waals surface area contributed by atoms with Crippen LogP contribution in [0.1, 0.15) is 42.3 Å². The first-order valence-corrected chi connectivity index (χ1v) is 8.69. The summed E-state index contributed by atoms with van der Waals surface area (Å²) >= 11 is 1.77. The van der Waals surface area contributed by atoms with Gasteiger partial charge in [-0.05, 0) is 38.5 Å². The van der Waals surface area contributed by atoms with Crippen LogP contribution in [0.3, 0.4) is 0 Å². The first kappa shape index (κ1) is 16.3. The number of aromatic nitrogens is 1. The molecule has 1 atom stereocenters.